The molecule has 1 heterocycles. The van der Waals surface area contributed by atoms with Crippen molar-refractivity contribution in [2.75, 3.05) is 11.6 Å². The maximum Gasteiger partial charge on any atom is 0.327 e. The summed E-state index contributed by atoms with van der Waals surface area (Å²) in [5, 5.41) is 17.6. The highest BCUT2D eigenvalue weighted by Crippen LogP contribution is 2.28. The van der Waals surface area contributed by atoms with Crippen LogP contribution in [0.3, 0.4) is 0 Å². The summed E-state index contributed by atoms with van der Waals surface area (Å²) in [6.45, 7) is 0.610. The summed E-state index contributed by atoms with van der Waals surface area (Å²) in [5.74, 6) is -0.252. The van der Waals surface area contributed by atoms with Gasteiger partial charge >= 0.3 is 5.91 Å². The van der Waals surface area contributed by atoms with Crippen LogP contribution in [0.2, 0.25) is 10.0 Å². The molecule has 92 valence electrons. The van der Waals surface area contributed by atoms with Crippen molar-refractivity contribution >= 4 is 40.6 Å². The number of halogens is 2. The van der Waals surface area contributed by atoms with Crippen LogP contribution in [0.15, 0.2) is 23.3 Å². The molecule has 0 fully saturated rings. The van der Waals surface area contributed by atoms with Gasteiger partial charge in [0.2, 0.25) is 0 Å². The maximum absolute atomic E-state index is 10.9. The van der Waals surface area contributed by atoms with Gasteiger partial charge in [-0.3, -0.25) is 15.1 Å². The molecular weight excluding hydrogens is 275 g/mol. The van der Waals surface area contributed by atoms with Gasteiger partial charge in [-0.05, 0) is 18.2 Å². The normalized spacial score (nSPS) is 14.1. The summed E-state index contributed by atoms with van der Waals surface area (Å²) in [7, 11) is 0. The van der Waals surface area contributed by atoms with Gasteiger partial charge in [-0.1, -0.05) is 23.2 Å². The molecule has 0 bridgehead atoms. The van der Waals surface area contributed by atoms with E-state index in [-0.39, 0.29) is 0 Å². The number of hydrogen-bond acceptors (Lipinski definition) is 4. The number of carbonyl (C=O) groups is 1. The Bertz CT molecular complexity index is 565. The van der Waals surface area contributed by atoms with Gasteiger partial charge in [0.05, 0.1) is 15.7 Å². The van der Waals surface area contributed by atoms with Crippen molar-refractivity contribution < 1.29 is 4.79 Å². The minimum absolute atomic E-state index is 0.443. The third kappa shape index (κ3) is 2.73. The van der Waals surface area contributed by atoms with E-state index in [0.717, 1.165) is 5.69 Å². The number of carbonyl (C=O) groups excluding carboxylic acids is 1. The van der Waals surface area contributed by atoms with Gasteiger partial charge in [0.1, 0.15) is 5.84 Å². The topological polar surface area (TPSA) is 68.5 Å². The first-order valence-corrected chi connectivity index (χ1v) is 5.87. The summed E-state index contributed by atoms with van der Waals surface area (Å²) in [5.41, 5.74) is 0.783. The molecule has 1 aliphatic rings. The molecule has 0 unspecified atom stereocenters. The average Bonchev–Trinajstić information content (AvgIpc) is 2.81. The number of rotatable bonds is 1. The first-order chi connectivity index (χ1) is 8.60. The summed E-state index contributed by atoms with van der Waals surface area (Å²) in [6.07, 6.45) is 0.563. The molecular formula is C11H8Cl2N4O. The number of hydrazone groups is 1. The number of amidine groups is 1. The molecule has 0 aliphatic carbocycles. The lowest BCUT2D eigenvalue weighted by molar-refractivity contribution is -0.114. The molecule has 0 atom stereocenters. The molecule has 18 heavy (non-hydrogen) atoms. The van der Waals surface area contributed by atoms with Crippen LogP contribution in [0.1, 0.15) is 6.42 Å². The zero-order valence-electron chi connectivity index (χ0n) is 9.15. The molecule has 0 saturated carbocycles. The lowest BCUT2D eigenvalue weighted by Gasteiger charge is -2.13. The number of nitrogens with one attached hydrogen (secondary N) is 1. The zero-order chi connectivity index (χ0) is 13.1. The molecule has 2 rings (SSSR count). The quantitative estimate of drug-likeness (QED) is 0.803. The van der Waals surface area contributed by atoms with Crippen LogP contribution < -0.4 is 10.3 Å². The Labute approximate surface area is 114 Å². The standard InChI is InChI=1S/C11H8Cl2N4O/c12-8-2-1-7(5-9(8)13)17-4-3-10(16-17)15-11(18)6-14/h1-2,5H,3-4H2,(H,15,16,18). The molecule has 1 amide bonds. The van der Waals surface area contributed by atoms with E-state index < -0.39 is 5.91 Å². The smallest absolute Gasteiger partial charge is 0.300 e. The molecule has 1 aliphatic heterocycles. The third-order valence-electron chi connectivity index (χ3n) is 2.36. The van der Waals surface area contributed by atoms with Gasteiger partial charge in [-0.25, -0.2) is 0 Å². The zero-order valence-corrected chi connectivity index (χ0v) is 10.7. The Balaban J connectivity index is 2.14. The predicted octanol–water partition coefficient (Wildman–Crippen LogP) is 2.16. The molecule has 0 spiro atoms. The highest BCUT2D eigenvalue weighted by molar-refractivity contribution is 6.42. The second kappa shape index (κ2) is 5.25. The minimum atomic E-state index is -0.718. The van der Waals surface area contributed by atoms with Crippen LogP contribution in [0.4, 0.5) is 5.69 Å². The van der Waals surface area contributed by atoms with Crippen molar-refractivity contribution in [2.24, 2.45) is 5.10 Å². The Morgan fingerprint density at radius 3 is 2.89 bits per heavy atom. The number of anilines is 1. The Kier molecular flexibility index (Phi) is 3.70. The summed E-state index contributed by atoms with van der Waals surface area (Å²) in [6, 6.07) is 6.64. The number of amides is 1. The first kappa shape index (κ1) is 12.7. The summed E-state index contributed by atoms with van der Waals surface area (Å²) >= 11 is 11.7. The predicted molar refractivity (Wildman–Crippen MR) is 69.6 cm³/mol. The van der Waals surface area contributed by atoms with Crippen LogP contribution in [0, 0.1) is 11.3 Å². The second-order valence-electron chi connectivity index (χ2n) is 3.58. The van der Waals surface area contributed by atoms with Crippen molar-refractivity contribution in [1.29, 1.82) is 5.26 Å². The molecule has 0 saturated heterocycles. The Morgan fingerprint density at radius 1 is 1.44 bits per heavy atom. The van der Waals surface area contributed by atoms with Crippen LogP contribution in [-0.4, -0.2) is 18.3 Å². The fourth-order valence-corrected chi connectivity index (χ4v) is 1.83. The van der Waals surface area contributed by atoms with Gasteiger partial charge in [0.15, 0.2) is 6.07 Å². The van der Waals surface area contributed by atoms with Crippen molar-refractivity contribution in [3.05, 3.63) is 28.2 Å². The Hall–Kier alpha value is -1.77. The number of benzene rings is 1. The first-order valence-electron chi connectivity index (χ1n) is 5.11. The fraction of sp³-hybridized carbons (Fsp3) is 0.182. The SMILES string of the molecule is N#CC(=O)NC1=NN(c2ccc(Cl)c(Cl)c2)CC1. The van der Waals surface area contributed by atoms with E-state index in [0.29, 0.717) is 28.8 Å². The van der Waals surface area contributed by atoms with E-state index in [9.17, 15) is 4.79 Å². The van der Waals surface area contributed by atoms with E-state index in [1.54, 1.807) is 23.2 Å². The van der Waals surface area contributed by atoms with Gasteiger partial charge < -0.3 is 0 Å². The second-order valence-corrected chi connectivity index (χ2v) is 4.40. The maximum atomic E-state index is 10.9. The summed E-state index contributed by atoms with van der Waals surface area (Å²) in [4.78, 5) is 10.9. The Morgan fingerprint density at radius 2 is 2.22 bits per heavy atom. The molecule has 1 aromatic rings. The van der Waals surface area contributed by atoms with Crippen LogP contribution in [0.25, 0.3) is 0 Å². The van der Waals surface area contributed by atoms with Gasteiger partial charge in [0, 0.05) is 13.0 Å². The fourth-order valence-electron chi connectivity index (χ4n) is 1.54. The monoisotopic (exact) mass is 282 g/mol. The van der Waals surface area contributed by atoms with Gasteiger partial charge in [-0.2, -0.15) is 10.4 Å². The van der Waals surface area contributed by atoms with Crippen molar-refractivity contribution in [1.82, 2.24) is 5.32 Å². The van der Waals surface area contributed by atoms with Crippen LogP contribution >= 0.6 is 23.2 Å². The molecule has 0 aromatic heterocycles. The molecule has 1 aromatic carbocycles. The van der Waals surface area contributed by atoms with Crippen molar-refractivity contribution in [3.8, 4) is 6.07 Å². The van der Waals surface area contributed by atoms with E-state index in [2.05, 4.69) is 10.4 Å². The largest absolute Gasteiger partial charge is 0.327 e. The lowest BCUT2D eigenvalue weighted by atomic mass is 10.3. The van der Waals surface area contributed by atoms with E-state index in [1.807, 2.05) is 0 Å². The van der Waals surface area contributed by atoms with Crippen molar-refractivity contribution in [3.63, 3.8) is 0 Å². The third-order valence-corrected chi connectivity index (χ3v) is 3.10. The lowest BCUT2D eigenvalue weighted by Crippen LogP contribution is -2.27. The van der Waals surface area contributed by atoms with E-state index in [4.69, 9.17) is 28.5 Å². The number of nitriles is 1. The molecule has 5 nitrogen and oxygen atoms in total. The molecule has 0 radical (unpaired) electrons. The number of hydrogen-bond donors (Lipinski definition) is 1. The van der Waals surface area contributed by atoms with Gasteiger partial charge in [-0.15, -0.1) is 0 Å². The minimum Gasteiger partial charge on any atom is -0.300 e. The highest BCUT2D eigenvalue weighted by atomic mass is 35.5. The molecule has 1 N–H and O–H groups in total. The number of nitrogens with zero attached hydrogens (tertiary/aromatic N) is 3. The van der Waals surface area contributed by atoms with E-state index in [1.165, 1.54) is 6.07 Å². The van der Waals surface area contributed by atoms with E-state index >= 15 is 0 Å². The van der Waals surface area contributed by atoms with Gasteiger partial charge in [0.25, 0.3) is 0 Å². The highest BCUT2D eigenvalue weighted by Gasteiger charge is 2.18. The summed E-state index contributed by atoms with van der Waals surface area (Å²) < 4.78 is 0. The average molecular weight is 283 g/mol. The molecule has 7 heteroatoms. The van der Waals surface area contributed by atoms with Crippen LogP contribution in [0.5, 0.6) is 0 Å². The van der Waals surface area contributed by atoms with Crippen molar-refractivity contribution in [2.45, 2.75) is 6.42 Å². The van der Waals surface area contributed by atoms with Crippen LogP contribution in [-0.2, 0) is 4.79 Å².